The van der Waals surface area contributed by atoms with Crippen LogP contribution in [0, 0.1) is 11.6 Å². The number of aromatic nitrogens is 2. The molecule has 0 aliphatic rings. The van der Waals surface area contributed by atoms with Crippen LogP contribution in [0.15, 0.2) is 97.1 Å². The number of aromatic amines is 2. The van der Waals surface area contributed by atoms with Crippen molar-refractivity contribution in [3.8, 4) is 22.5 Å². The molecule has 0 radical (unpaired) electrons. The van der Waals surface area contributed by atoms with Crippen LogP contribution in [0.1, 0.15) is 11.1 Å². The Kier molecular flexibility index (Phi) is 4.58. The Morgan fingerprint density at radius 3 is 1.30 bits per heavy atom. The van der Waals surface area contributed by atoms with Crippen LogP contribution < -0.4 is 0 Å². The van der Waals surface area contributed by atoms with E-state index in [-0.39, 0.29) is 11.6 Å². The second-order valence-electron chi connectivity index (χ2n) is 8.24. The van der Waals surface area contributed by atoms with Gasteiger partial charge in [-0.3, -0.25) is 0 Å². The molecule has 2 aromatic heterocycles. The summed E-state index contributed by atoms with van der Waals surface area (Å²) >= 11 is 0. The van der Waals surface area contributed by atoms with Gasteiger partial charge in [-0.1, -0.05) is 36.4 Å². The summed E-state index contributed by atoms with van der Waals surface area (Å²) in [5.41, 5.74) is 8.19. The van der Waals surface area contributed by atoms with E-state index in [1.165, 1.54) is 24.3 Å². The summed E-state index contributed by atoms with van der Waals surface area (Å²) in [5.74, 6) is -0.515. The average molecular weight is 434 g/mol. The Hall–Kier alpha value is -4.18. The lowest BCUT2D eigenvalue weighted by Crippen LogP contribution is -1.93. The number of halogens is 2. The molecule has 2 N–H and O–H groups in total. The second kappa shape index (κ2) is 7.75. The maximum Gasteiger partial charge on any atom is 0.123 e. The van der Waals surface area contributed by atoms with Crippen LogP contribution in [-0.2, 0) is 6.42 Å². The van der Waals surface area contributed by atoms with Crippen molar-refractivity contribution in [2.45, 2.75) is 6.42 Å². The van der Waals surface area contributed by atoms with Crippen LogP contribution in [0.3, 0.4) is 0 Å². The van der Waals surface area contributed by atoms with Gasteiger partial charge in [0.1, 0.15) is 11.6 Å². The topological polar surface area (TPSA) is 31.6 Å². The van der Waals surface area contributed by atoms with Gasteiger partial charge in [0.25, 0.3) is 0 Å². The number of nitrogens with one attached hydrogen (secondary N) is 2. The van der Waals surface area contributed by atoms with E-state index >= 15 is 0 Å². The molecule has 6 rings (SSSR count). The fourth-order valence-electron chi connectivity index (χ4n) is 4.67. The van der Waals surface area contributed by atoms with Gasteiger partial charge in [0.2, 0.25) is 0 Å². The van der Waals surface area contributed by atoms with Crippen LogP contribution in [0.5, 0.6) is 0 Å². The van der Waals surface area contributed by atoms with E-state index in [4.69, 9.17) is 0 Å². The molecule has 0 atom stereocenters. The highest BCUT2D eigenvalue weighted by atomic mass is 19.1. The van der Waals surface area contributed by atoms with Gasteiger partial charge in [-0.15, -0.1) is 0 Å². The summed E-state index contributed by atoms with van der Waals surface area (Å²) in [7, 11) is 0. The summed E-state index contributed by atoms with van der Waals surface area (Å²) in [6.45, 7) is 0. The Labute approximate surface area is 189 Å². The predicted molar refractivity (Wildman–Crippen MR) is 130 cm³/mol. The molecule has 2 nitrogen and oxygen atoms in total. The van der Waals surface area contributed by atoms with Crippen molar-refractivity contribution in [2.24, 2.45) is 0 Å². The molecule has 0 unspecified atom stereocenters. The van der Waals surface area contributed by atoms with Crippen molar-refractivity contribution in [1.82, 2.24) is 9.97 Å². The number of para-hydroxylation sites is 2. The zero-order chi connectivity index (χ0) is 22.4. The minimum absolute atomic E-state index is 0.258. The van der Waals surface area contributed by atoms with Crippen LogP contribution >= 0.6 is 0 Å². The summed E-state index contributed by atoms with van der Waals surface area (Å²) < 4.78 is 27.2. The molecular weight excluding hydrogens is 414 g/mol. The van der Waals surface area contributed by atoms with E-state index in [0.29, 0.717) is 6.42 Å². The largest absolute Gasteiger partial charge is 0.354 e. The average Bonchev–Trinajstić information content (AvgIpc) is 3.39. The molecule has 160 valence electrons. The van der Waals surface area contributed by atoms with Gasteiger partial charge in [0, 0.05) is 28.2 Å². The molecule has 0 amide bonds. The molecular formula is C29H20F2N2. The van der Waals surface area contributed by atoms with Gasteiger partial charge >= 0.3 is 0 Å². The second-order valence-corrected chi connectivity index (χ2v) is 8.24. The zero-order valence-electron chi connectivity index (χ0n) is 17.7. The lowest BCUT2D eigenvalue weighted by molar-refractivity contribution is 0.627. The number of fused-ring (bicyclic) bond motifs is 2. The highest BCUT2D eigenvalue weighted by Crippen LogP contribution is 2.37. The first kappa shape index (κ1) is 19.5. The Balaban J connectivity index is 1.58. The standard InChI is InChI=1S/C29H20F2N2/c30-20-13-9-18(10-14-20)28-24(22-5-1-3-7-26(22)32-28)17-25-23-6-2-4-8-27(23)33-29(25)19-11-15-21(31)16-12-19/h1-16,32-33H,17H2. The molecule has 33 heavy (non-hydrogen) atoms. The lowest BCUT2D eigenvalue weighted by atomic mass is 9.95. The first-order valence-electron chi connectivity index (χ1n) is 10.9. The quantitative estimate of drug-likeness (QED) is 0.283. The fourth-order valence-corrected chi connectivity index (χ4v) is 4.67. The van der Waals surface area contributed by atoms with Crippen molar-refractivity contribution in [1.29, 1.82) is 0 Å². The van der Waals surface area contributed by atoms with E-state index in [2.05, 4.69) is 34.2 Å². The maximum absolute atomic E-state index is 13.6. The predicted octanol–water partition coefficient (Wildman–Crippen LogP) is 7.85. The first-order valence-corrected chi connectivity index (χ1v) is 10.9. The summed E-state index contributed by atoms with van der Waals surface area (Å²) in [4.78, 5) is 7.09. The van der Waals surface area contributed by atoms with E-state index < -0.39 is 0 Å². The Morgan fingerprint density at radius 1 is 0.485 bits per heavy atom. The number of benzene rings is 4. The van der Waals surface area contributed by atoms with Crippen LogP contribution in [0.25, 0.3) is 44.3 Å². The number of rotatable bonds is 4. The molecule has 4 heteroatoms. The first-order chi connectivity index (χ1) is 16.2. The summed E-state index contributed by atoms with van der Waals surface area (Å²) in [6.07, 6.45) is 0.660. The molecule has 0 aliphatic heterocycles. The minimum Gasteiger partial charge on any atom is -0.354 e. The van der Waals surface area contributed by atoms with Gasteiger partial charge in [-0.05, 0) is 82.9 Å². The maximum atomic E-state index is 13.6. The number of hydrogen-bond acceptors (Lipinski definition) is 0. The molecule has 0 saturated carbocycles. The van der Waals surface area contributed by atoms with Crippen molar-refractivity contribution in [3.63, 3.8) is 0 Å². The Morgan fingerprint density at radius 2 is 0.879 bits per heavy atom. The van der Waals surface area contributed by atoms with Gasteiger partial charge in [0.15, 0.2) is 0 Å². The van der Waals surface area contributed by atoms with E-state index in [0.717, 1.165) is 55.4 Å². The third-order valence-electron chi connectivity index (χ3n) is 6.25. The molecule has 4 aromatic carbocycles. The highest BCUT2D eigenvalue weighted by molar-refractivity contribution is 5.95. The molecule has 0 bridgehead atoms. The number of hydrogen-bond donors (Lipinski definition) is 2. The molecule has 0 fully saturated rings. The molecule has 0 aliphatic carbocycles. The smallest absolute Gasteiger partial charge is 0.123 e. The zero-order valence-corrected chi connectivity index (χ0v) is 17.7. The van der Waals surface area contributed by atoms with Crippen LogP contribution in [0.2, 0.25) is 0 Å². The van der Waals surface area contributed by atoms with Crippen molar-refractivity contribution >= 4 is 21.8 Å². The van der Waals surface area contributed by atoms with Gasteiger partial charge in [-0.2, -0.15) is 0 Å². The highest BCUT2D eigenvalue weighted by Gasteiger charge is 2.19. The lowest BCUT2D eigenvalue weighted by Gasteiger charge is -2.09. The van der Waals surface area contributed by atoms with Gasteiger partial charge in [0.05, 0.1) is 11.4 Å². The van der Waals surface area contributed by atoms with Gasteiger partial charge in [-0.25, -0.2) is 8.78 Å². The van der Waals surface area contributed by atoms with Crippen molar-refractivity contribution in [3.05, 3.63) is 120 Å². The Bertz CT molecular complexity index is 1470. The van der Waals surface area contributed by atoms with Crippen molar-refractivity contribution < 1.29 is 8.78 Å². The molecule has 6 aromatic rings. The normalized spacial score (nSPS) is 11.5. The summed E-state index contributed by atoms with van der Waals surface area (Å²) in [6, 6.07) is 29.6. The van der Waals surface area contributed by atoms with E-state index in [1.807, 2.05) is 24.3 Å². The van der Waals surface area contributed by atoms with E-state index in [9.17, 15) is 8.78 Å². The van der Waals surface area contributed by atoms with E-state index in [1.54, 1.807) is 24.3 Å². The fraction of sp³-hybridized carbons (Fsp3) is 0.0345. The minimum atomic E-state index is -0.258. The van der Waals surface area contributed by atoms with Crippen LogP contribution in [-0.4, -0.2) is 9.97 Å². The third kappa shape index (κ3) is 3.40. The van der Waals surface area contributed by atoms with Crippen molar-refractivity contribution in [2.75, 3.05) is 0 Å². The SMILES string of the molecule is Fc1ccc(-c2[nH]c3ccccc3c2Cc2c(-c3ccc(F)cc3)[nH]c3ccccc23)cc1. The third-order valence-corrected chi connectivity index (χ3v) is 6.25. The molecule has 0 spiro atoms. The molecule has 2 heterocycles. The van der Waals surface area contributed by atoms with Crippen LogP contribution in [0.4, 0.5) is 8.78 Å². The molecule has 0 saturated heterocycles. The van der Waals surface area contributed by atoms with Gasteiger partial charge < -0.3 is 9.97 Å². The number of H-pyrrole nitrogens is 2. The summed E-state index contributed by atoms with van der Waals surface area (Å²) in [5, 5.41) is 2.26. The monoisotopic (exact) mass is 434 g/mol.